The Bertz CT molecular complexity index is 1220. The Balaban J connectivity index is 1.77. The predicted molar refractivity (Wildman–Crippen MR) is 122 cm³/mol. The molecule has 30 heavy (non-hydrogen) atoms. The first-order valence-electron chi connectivity index (χ1n) is 9.28. The van der Waals surface area contributed by atoms with Crippen LogP contribution >= 0.6 is 15.9 Å². The van der Waals surface area contributed by atoms with Gasteiger partial charge < -0.3 is 14.8 Å². The quantitative estimate of drug-likeness (QED) is 0.398. The third kappa shape index (κ3) is 4.00. The minimum atomic E-state index is -0.240. The second-order valence-electron chi connectivity index (χ2n) is 6.60. The van der Waals surface area contributed by atoms with Crippen LogP contribution in [-0.2, 0) is 0 Å². The number of benzene rings is 3. The highest BCUT2D eigenvalue weighted by Crippen LogP contribution is 2.31. The fourth-order valence-electron chi connectivity index (χ4n) is 3.22. The van der Waals surface area contributed by atoms with Crippen molar-refractivity contribution < 1.29 is 14.3 Å². The van der Waals surface area contributed by atoms with Crippen molar-refractivity contribution in [3.8, 4) is 22.8 Å². The van der Waals surface area contributed by atoms with Crippen LogP contribution in [0, 0.1) is 0 Å². The van der Waals surface area contributed by atoms with Crippen LogP contribution in [0.4, 0.5) is 5.69 Å². The molecule has 0 radical (unpaired) electrons. The maximum absolute atomic E-state index is 13.3. The van der Waals surface area contributed by atoms with Crippen LogP contribution in [0.15, 0.2) is 77.3 Å². The number of ether oxygens (including phenoxy) is 2. The summed E-state index contributed by atoms with van der Waals surface area (Å²) < 4.78 is 11.6. The number of methoxy groups -OCH3 is 2. The molecular formula is C24H19BrN2O3. The fraction of sp³-hybridized carbons (Fsp3) is 0.0833. The summed E-state index contributed by atoms with van der Waals surface area (Å²) in [4.78, 5) is 18.0. The Morgan fingerprint density at radius 2 is 1.70 bits per heavy atom. The average molecular weight is 463 g/mol. The lowest BCUT2D eigenvalue weighted by molar-refractivity contribution is 0.102. The van der Waals surface area contributed by atoms with E-state index in [4.69, 9.17) is 14.5 Å². The van der Waals surface area contributed by atoms with Crippen molar-refractivity contribution in [1.82, 2.24) is 4.98 Å². The molecule has 0 aliphatic carbocycles. The number of nitrogens with zero attached hydrogens (tertiary/aromatic N) is 1. The van der Waals surface area contributed by atoms with Crippen LogP contribution in [0.3, 0.4) is 0 Å². The standard InChI is InChI=1S/C24H19BrN2O3/c1-29-17-11-12-21(23(13-17)30-2)27-24(28)19-14-22(15-7-9-16(25)10-8-15)26-20-6-4-3-5-18(19)20/h3-14H,1-2H3,(H,27,28). The SMILES string of the molecule is COc1ccc(NC(=O)c2cc(-c3ccc(Br)cc3)nc3ccccc23)c(OC)c1. The van der Waals surface area contributed by atoms with E-state index in [9.17, 15) is 4.79 Å². The molecule has 1 amide bonds. The molecule has 0 unspecified atom stereocenters. The molecule has 4 rings (SSSR count). The highest BCUT2D eigenvalue weighted by atomic mass is 79.9. The largest absolute Gasteiger partial charge is 0.497 e. The number of nitrogens with one attached hydrogen (secondary N) is 1. The van der Waals surface area contributed by atoms with E-state index >= 15 is 0 Å². The van der Waals surface area contributed by atoms with E-state index in [0.717, 1.165) is 26.6 Å². The number of carbonyl (C=O) groups excluding carboxylic acids is 1. The molecule has 4 aromatic rings. The van der Waals surface area contributed by atoms with Gasteiger partial charge in [0, 0.05) is 21.5 Å². The van der Waals surface area contributed by atoms with Crippen LogP contribution in [0.5, 0.6) is 11.5 Å². The molecule has 1 aromatic heterocycles. The summed E-state index contributed by atoms with van der Waals surface area (Å²) in [5.74, 6) is 0.932. The molecule has 3 aromatic carbocycles. The highest BCUT2D eigenvalue weighted by molar-refractivity contribution is 9.10. The van der Waals surface area contributed by atoms with Crippen LogP contribution in [0.25, 0.3) is 22.2 Å². The molecule has 5 nitrogen and oxygen atoms in total. The molecule has 0 saturated heterocycles. The van der Waals surface area contributed by atoms with Crippen LogP contribution in [0.2, 0.25) is 0 Å². The van der Waals surface area contributed by atoms with Gasteiger partial charge >= 0.3 is 0 Å². The third-order valence-corrected chi connectivity index (χ3v) is 5.29. The molecule has 150 valence electrons. The van der Waals surface area contributed by atoms with Crippen molar-refractivity contribution in [2.24, 2.45) is 0 Å². The molecule has 0 bridgehead atoms. The van der Waals surface area contributed by atoms with Gasteiger partial charge in [-0.25, -0.2) is 4.98 Å². The van der Waals surface area contributed by atoms with E-state index in [1.165, 1.54) is 0 Å². The van der Waals surface area contributed by atoms with Crippen molar-refractivity contribution in [2.45, 2.75) is 0 Å². The van der Waals surface area contributed by atoms with E-state index in [1.807, 2.05) is 54.6 Å². The molecule has 6 heteroatoms. The maximum atomic E-state index is 13.3. The molecule has 0 spiro atoms. The number of fused-ring (bicyclic) bond motifs is 1. The van der Waals surface area contributed by atoms with Gasteiger partial charge in [-0.1, -0.05) is 46.3 Å². The molecule has 0 aliphatic heterocycles. The lowest BCUT2D eigenvalue weighted by Crippen LogP contribution is -2.14. The highest BCUT2D eigenvalue weighted by Gasteiger charge is 2.16. The van der Waals surface area contributed by atoms with E-state index < -0.39 is 0 Å². The van der Waals surface area contributed by atoms with Gasteiger partial charge in [0.25, 0.3) is 5.91 Å². The number of rotatable bonds is 5. The van der Waals surface area contributed by atoms with Gasteiger partial charge in [-0.2, -0.15) is 0 Å². The molecule has 1 N–H and O–H groups in total. The Hall–Kier alpha value is -3.38. The zero-order chi connectivity index (χ0) is 21.1. The number of amides is 1. The number of carbonyl (C=O) groups is 1. The summed E-state index contributed by atoms with van der Waals surface area (Å²) in [6.45, 7) is 0. The summed E-state index contributed by atoms with van der Waals surface area (Å²) in [5, 5.41) is 3.74. The van der Waals surface area contributed by atoms with Crippen LogP contribution in [0.1, 0.15) is 10.4 Å². The Morgan fingerprint density at radius 1 is 0.933 bits per heavy atom. The maximum Gasteiger partial charge on any atom is 0.256 e. The number of hydrogen-bond acceptors (Lipinski definition) is 4. The van der Waals surface area contributed by atoms with E-state index in [-0.39, 0.29) is 5.91 Å². The second kappa shape index (κ2) is 8.55. The van der Waals surface area contributed by atoms with E-state index in [2.05, 4.69) is 21.2 Å². The molecule has 0 saturated carbocycles. The van der Waals surface area contributed by atoms with Gasteiger partial charge in [0.1, 0.15) is 11.5 Å². The van der Waals surface area contributed by atoms with Gasteiger partial charge in [-0.3, -0.25) is 4.79 Å². The van der Waals surface area contributed by atoms with E-state index in [0.29, 0.717) is 22.7 Å². The second-order valence-corrected chi connectivity index (χ2v) is 7.52. The Labute approximate surface area is 182 Å². The number of anilines is 1. The van der Waals surface area contributed by atoms with Crippen molar-refractivity contribution in [1.29, 1.82) is 0 Å². The summed E-state index contributed by atoms with van der Waals surface area (Å²) in [5.41, 5.74) is 3.52. The zero-order valence-corrected chi connectivity index (χ0v) is 18.1. The number of pyridine rings is 1. The topological polar surface area (TPSA) is 60.5 Å². The van der Waals surface area contributed by atoms with Gasteiger partial charge in [-0.15, -0.1) is 0 Å². The van der Waals surface area contributed by atoms with Gasteiger partial charge in [0.15, 0.2) is 0 Å². The van der Waals surface area contributed by atoms with Gasteiger partial charge in [-0.05, 0) is 36.4 Å². The summed E-state index contributed by atoms with van der Waals surface area (Å²) >= 11 is 3.45. The van der Waals surface area contributed by atoms with Crippen molar-refractivity contribution in [3.05, 3.63) is 82.8 Å². The van der Waals surface area contributed by atoms with Gasteiger partial charge in [0.05, 0.1) is 36.7 Å². The van der Waals surface area contributed by atoms with Crippen molar-refractivity contribution >= 4 is 38.4 Å². The van der Waals surface area contributed by atoms with E-state index in [1.54, 1.807) is 32.4 Å². The summed E-state index contributed by atoms with van der Waals surface area (Å²) in [7, 11) is 3.14. The first-order chi connectivity index (χ1) is 14.6. The fourth-order valence-corrected chi connectivity index (χ4v) is 3.49. The van der Waals surface area contributed by atoms with Crippen molar-refractivity contribution in [2.75, 3.05) is 19.5 Å². The Morgan fingerprint density at radius 3 is 2.43 bits per heavy atom. The molecule has 0 atom stereocenters. The minimum absolute atomic E-state index is 0.240. The van der Waals surface area contributed by atoms with Crippen LogP contribution < -0.4 is 14.8 Å². The molecule has 0 aliphatic rings. The number of aromatic nitrogens is 1. The first kappa shape index (κ1) is 19.9. The average Bonchev–Trinajstić information content (AvgIpc) is 2.79. The Kier molecular flexibility index (Phi) is 5.68. The first-order valence-corrected chi connectivity index (χ1v) is 10.1. The summed E-state index contributed by atoms with van der Waals surface area (Å²) in [6.07, 6.45) is 0. The lowest BCUT2D eigenvalue weighted by atomic mass is 10.0. The summed E-state index contributed by atoms with van der Waals surface area (Å²) in [6, 6.07) is 22.5. The molecule has 1 heterocycles. The third-order valence-electron chi connectivity index (χ3n) is 4.76. The number of para-hydroxylation sites is 1. The lowest BCUT2D eigenvalue weighted by Gasteiger charge is -2.13. The van der Waals surface area contributed by atoms with Gasteiger partial charge in [0.2, 0.25) is 0 Å². The predicted octanol–water partition coefficient (Wildman–Crippen LogP) is 5.93. The molecular weight excluding hydrogens is 444 g/mol. The minimum Gasteiger partial charge on any atom is -0.497 e. The number of hydrogen-bond donors (Lipinski definition) is 1. The normalized spacial score (nSPS) is 10.6. The smallest absolute Gasteiger partial charge is 0.256 e. The molecule has 0 fully saturated rings. The zero-order valence-electron chi connectivity index (χ0n) is 16.5. The van der Waals surface area contributed by atoms with Crippen LogP contribution in [-0.4, -0.2) is 25.1 Å². The van der Waals surface area contributed by atoms with Crippen molar-refractivity contribution in [3.63, 3.8) is 0 Å². The number of halogens is 1. The monoisotopic (exact) mass is 462 g/mol.